The van der Waals surface area contributed by atoms with E-state index in [4.69, 9.17) is 32.8 Å². The molecule has 8 aromatic rings. The van der Waals surface area contributed by atoms with Gasteiger partial charge in [-0.15, -0.1) is 0 Å². The van der Waals surface area contributed by atoms with Crippen molar-refractivity contribution in [3.05, 3.63) is 189 Å². The molecule has 0 aliphatic carbocycles. The molecule has 0 saturated carbocycles. The average Bonchev–Trinajstić information content (AvgIpc) is 3.38. The molecule has 0 radical (unpaired) electrons. The zero-order chi connectivity index (χ0) is 49.9. The van der Waals surface area contributed by atoms with Crippen LogP contribution in [0, 0.1) is 11.3 Å². The van der Waals surface area contributed by atoms with Gasteiger partial charge >= 0.3 is 5.69 Å². The Hall–Kier alpha value is -6.95. The summed E-state index contributed by atoms with van der Waals surface area (Å²) in [4.78, 5) is 34.7. The van der Waals surface area contributed by atoms with Crippen LogP contribution in [-0.2, 0) is 29.0 Å². The third kappa shape index (κ3) is 11.3. The van der Waals surface area contributed by atoms with Crippen LogP contribution in [-0.4, -0.2) is 79.3 Å². The van der Waals surface area contributed by atoms with E-state index in [0.29, 0.717) is 11.5 Å². The Morgan fingerprint density at radius 1 is 0.704 bits per heavy atom. The molecule has 0 fully saturated rings. The van der Waals surface area contributed by atoms with E-state index >= 15 is 0 Å². The normalized spacial score (nSPS) is 13.4. The number of hydrogen-bond acceptors (Lipinski definition) is 12. The second kappa shape index (κ2) is 23.3. The topological polar surface area (TPSA) is 159 Å². The van der Waals surface area contributed by atoms with E-state index in [1.54, 1.807) is 20.4 Å². The lowest BCUT2D eigenvalue weighted by Gasteiger charge is -2.38. The first-order valence-corrected chi connectivity index (χ1v) is 24.7. The fraction of sp³-hybridized carbons (Fsp3) is 0.286. The molecule has 0 saturated heterocycles. The van der Waals surface area contributed by atoms with Gasteiger partial charge in [0, 0.05) is 29.9 Å². The Balaban J connectivity index is 1.19. The number of rotatable bonds is 24. The number of nitrogens with zero attached hydrogens (tertiary/aromatic N) is 4. The molecule has 366 valence electrons. The number of hydrogen-bond donors (Lipinski definition) is 1. The summed E-state index contributed by atoms with van der Waals surface area (Å²) in [5, 5.41) is 20.7. The molecular formula is C56H58N5O9P. The summed E-state index contributed by atoms with van der Waals surface area (Å²) < 4.78 is 41.6. The predicted octanol–water partition coefficient (Wildman–Crippen LogP) is 10.7. The molecule has 0 aliphatic heterocycles. The third-order valence-corrected chi connectivity index (χ3v) is 14.3. The first-order valence-electron chi connectivity index (χ1n) is 23.5. The zero-order valence-electron chi connectivity index (χ0n) is 40.7. The fourth-order valence-corrected chi connectivity index (χ4v) is 10.6. The molecule has 0 amide bonds. The van der Waals surface area contributed by atoms with Gasteiger partial charge in [-0.05, 0) is 101 Å². The average molecular weight is 976 g/mol. The van der Waals surface area contributed by atoms with Crippen molar-refractivity contribution in [1.29, 1.82) is 5.26 Å². The van der Waals surface area contributed by atoms with E-state index in [9.17, 15) is 14.9 Å². The van der Waals surface area contributed by atoms with Crippen molar-refractivity contribution >= 4 is 47.1 Å². The number of aromatic nitrogens is 2. The molecule has 3 atom stereocenters. The number of H-pyrrole nitrogens is 1. The summed E-state index contributed by atoms with van der Waals surface area (Å²) in [5.74, 6) is 1.34. The van der Waals surface area contributed by atoms with Crippen LogP contribution in [0.3, 0.4) is 0 Å². The molecule has 1 aromatic heterocycles. The van der Waals surface area contributed by atoms with Gasteiger partial charge in [-0.3, -0.25) is 14.3 Å². The Labute approximate surface area is 414 Å². The van der Waals surface area contributed by atoms with E-state index in [0.717, 1.165) is 49.2 Å². The van der Waals surface area contributed by atoms with Crippen LogP contribution < -0.4 is 20.7 Å². The minimum absolute atomic E-state index is 0.00110. The number of benzene rings is 7. The molecular weight excluding hydrogens is 918 g/mol. The van der Waals surface area contributed by atoms with Crippen molar-refractivity contribution in [3.63, 3.8) is 0 Å². The number of nitriles is 1. The monoisotopic (exact) mass is 975 g/mol. The van der Waals surface area contributed by atoms with Gasteiger partial charge in [0.25, 0.3) is 14.1 Å². The van der Waals surface area contributed by atoms with Crippen LogP contribution in [0.15, 0.2) is 160 Å². The highest BCUT2D eigenvalue weighted by atomic mass is 31.2. The summed E-state index contributed by atoms with van der Waals surface area (Å²) in [6, 6.07) is 47.5. The molecule has 0 spiro atoms. The van der Waals surface area contributed by atoms with Gasteiger partial charge in [0.1, 0.15) is 36.4 Å². The fourth-order valence-electron chi connectivity index (χ4n) is 9.01. The van der Waals surface area contributed by atoms with Crippen LogP contribution in [0.5, 0.6) is 11.5 Å². The minimum Gasteiger partial charge on any atom is -0.497 e. The number of ether oxygens (including phenoxy) is 4. The molecule has 0 bridgehead atoms. The van der Waals surface area contributed by atoms with Gasteiger partial charge in [-0.1, -0.05) is 114 Å². The summed E-state index contributed by atoms with van der Waals surface area (Å²) in [6.45, 7) is 7.80. The number of nitrogens with one attached hydrogen (secondary N) is 1. The predicted molar refractivity (Wildman–Crippen MR) is 278 cm³/mol. The van der Waals surface area contributed by atoms with Crippen LogP contribution in [0.1, 0.15) is 62.6 Å². The van der Waals surface area contributed by atoms with Crippen LogP contribution in [0.25, 0.3) is 32.3 Å². The molecule has 7 aromatic carbocycles. The second-order valence-corrected chi connectivity index (χ2v) is 18.9. The minimum atomic E-state index is -1.77. The Morgan fingerprint density at radius 3 is 1.92 bits per heavy atom. The third-order valence-electron chi connectivity index (χ3n) is 12.2. The SMILES string of the molecule is COc1ccc(C(OC[C@H](CO/N=C/c2ccc3ccc4cccc5ccc2c3c45)O[C@H](COP(OCCC#N)N(C(C)C)C(C)C)n2ccc(=O)[nH]c2=O)(c2ccccc2)c2ccc(OC)cc2)cc1. The molecule has 1 heterocycles. The zero-order valence-corrected chi connectivity index (χ0v) is 41.6. The summed E-state index contributed by atoms with van der Waals surface area (Å²) in [6.07, 6.45) is 1.11. The van der Waals surface area contributed by atoms with E-state index in [2.05, 4.69) is 69.4 Å². The number of oxime groups is 1. The highest BCUT2D eigenvalue weighted by molar-refractivity contribution is 7.44. The highest BCUT2D eigenvalue weighted by Crippen LogP contribution is 2.47. The smallest absolute Gasteiger partial charge is 0.330 e. The quantitative estimate of drug-likeness (QED) is 0.0153. The molecule has 1 unspecified atom stereocenters. The number of aromatic amines is 1. The van der Waals surface area contributed by atoms with Gasteiger partial charge in [0.05, 0.1) is 46.1 Å². The van der Waals surface area contributed by atoms with Crippen LogP contribution >= 0.6 is 8.53 Å². The molecule has 14 nitrogen and oxygen atoms in total. The molecule has 8 rings (SSSR count). The van der Waals surface area contributed by atoms with Crippen LogP contribution in [0.2, 0.25) is 0 Å². The van der Waals surface area contributed by atoms with Crippen LogP contribution in [0.4, 0.5) is 0 Å². The molecule has 0 aliphatic rings. The maximum absolute atomic E-state index is 13.7. The molecule has 15 heteroatoms. The Kier molecular flexibility index (Phi) is 16.6. The Bertz CT molecular complexity index is 3120. The van der Waals surface area contributed by atoms with E-state index in [-0.39, 0.29) is 44.9 Å². The van der Waals surface area contributed by atoms with E-state index < -0.39 is 37.7 Å². The molecule has 1 N–H and O–H groups in total. The summed E-state index contributed by atoms with van der Waals surface area (Å²) in [5.41, 5.74) is 0.735. The first-order chi connectivity index (χ1) is 34.5. The lowest BCUT2D eigenvalue weighted by Crippen LogP contribution is -2.41. The van der Waals surface area contributed by atoms with Crippen molar-refractivity contribution in [2.75, 3.05) is 40.6 Å². The standard InChI is InChI=1S/C56H58N5O9P/c1-38(2)61(39(3)4)71(68-33-11-31-57)69-37-52(60-32-30-51(62)59-55(60)63)70-49(36-67-58-34-43-19-18-42-17-16-40-12-10-13-41-20-29-50(43)54(42)53(40)41)35-66-56(44-14-8-7-9-15-44,45-21-25-47(64-5)26-22-45)46-23-27-48(65-6)28-24-46/h7-10,12-30,32,34,38-39,49,52H,11,33,35-37H2,1-6H3,(H,59,62,63)/b58-34+/t49-,52-,71?/m1/s1. The van der Waals surface area contributed by atoms with Crippen molar-refractivity contribution in [1.82, 2.24) is 14.2 Å². The maximum atomic E-state index is 13.7. The Morgan fingerprint density at radius 2 is 1.31 bits per heavy atom. The van der Waals surface area contributed by atoms with Crippen molar-refractivity contribution in [2.24, 2.45) is 5.16 Å². The van der Waals surface area contributed by atoms with Gasteiger partial charge in [-0.2, -0.15) is 5.26 Å². The van der Waals surface area contributed by atoms with Gasteiger partial charge in [0.15, 0.2) is 6.23 Å². The maximum Gasteiger partial charge on any atom is 0.330 e. The molecule has 71 heavy (non-hydrogen) atoms. The van der Waals surface area contributed by atoms with Crippen molar-refractivity contribution in [3.8, 4) is 17.6 Å². The van der Waals surface area contributed by atoms with Gasteiger partial charge < -0.3 is 32.8 Å². The van der Waals surface area contributed by atoms with Gasteiger partial charge in [0.2, 0.25) is 0 Å². The van der Waals surface area contributed by atoms with Crippen molar-refractivity contribution < 1.29 is 32.8 Å². The van der Waals surface area contributed by atoms with Gasteiger partial charge in [-0.25, -0.2) is 9.46 Å². The second-order valence-electron chi connectivity index (χ2n) is 17.4. The van der Waals surface area contributed by atoms with Crippen molar-refractivity contribution in [2.45, 2.75) is 64.1 Å². The lowest BCUT2D eigenvalue weighted by atomic mass is 9.80. The highest BCUT2D eigenvalue weighted by Gasteiger charge is 2.39. The summed E-state index contributed by atoms with van der Waals surface area (Å²) in [7, 11) is 1.47. The largest absolute Gasteiger partial charge is 0.497 e. The lowest BCUT2D eigenvalue weighted by molar-refractivity contribution is -0.144. The first kappa shape index (κ1) is 50.4. The van der Waals surface area contributed by atoms with E-state index in [1.165, 1.54) is 22.2 Å². The summed E-state index contributed by atoms with van der Waals surface area (Å²) >= 11 is 0. The number of methoxy groups -OCH3 is 2. The van der Waals surface area contributed by atoms with E-state index in [1.807, 2.05) is 113 Å².